The summed E-state index contributed by atoms with van der Waals surface area (Å²) in [5, 5.41) is 14.6. The van der Waals surface area contributed by atoms with E-state index in [0.29, 0.717) is 12.2 Å². The van der Waals surface area contributed by atoms with Crippen LogP contribution in [0.5, 0.6) is 5.75 Å². The molecular weight excluding hydrogens is 492 g/mol. The molecule has 0 bridgehead atoms. The van der Waals surface area contributed by atoms with Crippen molar-refractivity contribution in [3.63, 3.8) is 0 Å². The first kappa shape index (κ1) is 26.6. The van der Waals surface area contributed by atoms with Crippen molar-refractivity contribution >= 4 is 23.3 Å². The Morgan fingerprint density at radius 3 is 2.45 bits per heavy atom. The summed E-state index contributed by atoms with van der Waals surface area (Å²) >= 11 is 0. The van der Waals surface area contributed by atoms with E-state index in [1.807, 2.05) is 13.8 Å². The van der Waals surface area contributed by atoms with Gasteiger partial charge in [0.05, 0.1) is 24.6 Å². The van der Waals surface area contributed by atoms with Crippen LogP contribution >= 0.6 is 0 Å². The number of carbonyl (C=O) groups excluding carboxylic acids is 3. The summed E-state index contributed by atoms with van der Waals surface area (Å²) in [5.74, 6) is -2.32. The van der Waals surface area contributed by atoms with Crippen LogP contribution in [0.2, 0.25) is 0 Å². The van der Waals surface area contributed by atoms with Gasteiger partial charge >= 0.3 is 5.97 Å². The van der Waals surface area contributed by atoms with Crippen LogP contribution in [-0.4, -0.2) is 36.3 Å². The van der Waals surface area contributed by atoms with Crippen molar-refractivity contribution < 1.29 is 33.5 Å². The minimum Gasteiger partial charge on any atom is -0.497 e. The number of methoxy groups -OCH3 is 1. The van der Waals surface area contributed by atoms with Gasteiger partial charge in [-0.1, -0.05) is 32.0 Å². The van der Waals surface area contributed by atoms with Crippen LogP contribution < -0.4 is 10.1 Å². The van der Waals surface area contributed by atoms with Gasteiger partial charge in [0.25, 0.3) is 11.6 Å². The first-order valence-electron chi connectivity index (χ1n) is 12.1. The van der Waals surface area contributed by atoms with E-state index in [1.165, 1.54) is 25.3 Å². The van der Waals surface area contributed by atoms with Gasteiger partial charge in [-0.3, -0.25) is 25.0 Å². The number of ketones is 1. The predicted octanol–water partition coefficient (Wildman–Crippen LogP) is 4.57. The van der Waals surface area contributed by atoms with Crippen LogP contribution in [-0.2, 0) is 19.1 Å². The SMILES string of the molecule is CCOC(=O)C1=C(NC(=O)c2ccc(OC)cc2)OC2=C(C(=O)CC(C)(C)C2)C1c1ccccc1[N+](=O)[O-]. The fourth-order valence-corrected chi connectivity index (χ4v) is 4.78. The van der Waals surface area contributed by atoms with Crippen molar-refractivity contribution in [2.45, 2.75) is 39.5 Å². The predicted molar refractivity (Wildman–Crippen MR) is 136 cm³/mol. The molecule has 1 unspecified atom stereocenters. The largest absolute Gasteiger partial charge is 0.497 e. The molecule has 0 spiro atoms. The van der Waals surface area contributed by atoms with E-state index in [1.54, 1.807) is 37.3 Å². The average Bonchev–Trinajstić information content (AvgIpc) is 2.87. The zero-order valence-electron chi connectivity index (χ0n) is 21.5. The van der Waals surface area contributed by atoms with Gasteiger partial charge in [-0.25, -0.2) is 4.79 Å². The highest BCUT2D eigenvalue weighted by molar-refractivity contribution is 6.04. The monoisotopic (exact) mass is 520 g/mol. The number of para-hydroxylation sites is 1. The molecule has 198 valence electrons. The summed E-state index contributed by atoms with van der Waals surface area (Å²) in [4.78, 5) is 51.4. The van der Waals surface area contributed by atoms with Crippen LogP contribution in [0, 0.1) is 15.5 Å². The summed E-state index contributed by atoms with van der Waals surface area (Å²) in [6.45, 7) is 5.41. The molecule has 1 heterocycles. The number of nitro benzene ring substituents is 1. The number of allylic oxidation sites excluding steroid dienone is 2. The maximum Gasteiger partial charge on any atom is 0.340 e. The van der Waals surface area contributed by atoms with Gasteiger partial charge in [0, 0.05) is 35.6 Å². The van der Waals surface area contributed by atoms with Gasteiger partial charge < -0.3 is 14.2 Å². The number of nitrogens with zero attached hydrogens (tertiary/aromatic N) is 1. The molecule has 1 N–H and O–H groups in total. The highest BCUT2D eigenvalue weighted by Crippen LogP contribution is 2.50. The number of Topliss-reactive ketones (excluding diaryl/α,β-unsaturated/α-hetero) is 1. The maximum absolute atomic E-state index is 13.5. The zero-order valence-corrected chi connectivity index (χ0v) is 21.5. The third-order valence-electron chi connectivity index (χ3n) is 6.45. The highest BCUT2D eigenvalue weighted by Gasteiger charge is 2.47. The molecule has 1 atom stereocenters. The third kappa shape index (κ3) is 5.15. The molecule has 10 nitrogen and oxygen atoms in total. The van der Waals surface area contributed by atoms with E-state index < -0.39 is 28.1 Å². The molecule has 0 saturated heterocycles. The van der Waals surface area contributed by atoms with Gasteiger partial charge in [0.1, 0.15) is 17.1 Å². The molecule has 1 aliphatic heterocycles. The molecule has 0 aromatic heterocycles. The lowest BCUT2D eigenvalue weighted by molar-refractivity contribution is -0.385. The van der Waals surface area contributed by atoms with Gasteiger partial charge in [-0.05, 0) is 36.6 Å². The van der Waals surface area contributed by atoms with Crippen molar-refractivity contribution in [2.24, 2.45) is 5.41 Å². The number of rotatable bonds is 7. The second-order valence-electron chi connectivity index (χ2n) is 9.77. The van der Waals surface area contributed by atoms with Crippen LogP contribution in [0.25, 0.3) is 0 Å². The van der Waals surface area contributed by atoms with Crippen LogP contribution in [0.3, 0.4) is 0 Å². The second kappa shape index (κ2) is 10.5. The van der Waals surface area contributed by atoms with Crippen molar-refractivity contribution in [2.75, 3.05) is 13.7 Å². The Balaban J connectivity index is 1.91. The van der Waals surface area contributed by atoms with E-state index in [2.05, 4.69) is 5.32 Å². The quantitative estimate of drug-likeness (QED) is 0.319. The number of benzene rings is 2. The number of nitrogens with one attached hydrogen (secondary N) is 1. The number of esters is 1. The fourth-order valence-electron chi connectivity index (χ4n) is 4.78. The minimum atomic E-state index is -1.17. The van der Waals surface area contributed by atoms with Crippen molar-refractivity contribution in [3.05, 3.63) is 92.6 Å². The molecule has 2 aromatic rings. The van der Waals surface area contributed by atoms with Gasteiger partial charge in [0.15, 0.2) is 5.78 Å². The van der Waals surface area contributed by atoms with Gasteiger partial charge in [-0.2, -0.15) is 0 Å². The molecular formula is C28H28N2O8. The molecule has 1 amide bonds. The molecule has 0 saturated carbocycles. The maximum atomic E-state index is 13.5. The molecule has 38 heavy (non-hydrogen) atoms. The summed E-state index contributed by atoms with van der Waals surface area (Å²) in [6.07, 6.45) is 0.485. The number of nitro groups is 1. The number of hydrogen-bond donors (Lipinski definition) is 1. The fraction of sp³-hybridized carbons (Fsp3) is 0.321. The van der Waals surface area contributed by atoms with E-state index in [0.717, 1.165) is 0 Å². The van der Waals surface area contributed by atoms with E-state index in [9.17, 15) is 24.5 Å². The zero-order chi connectivity index (χ0) is 27.6. The average molecular weight is 521 g/mol. The van der Waals surface area contributed by atoms with Gasteiger partial charge in [-0.15, -0.1) is 0 Å². The Morgan fingerprint density at radius 1 is 1.13 bits per heavy atom. The lowest BCUT2D eigenvalue weighted by Gasteiger charge is -2.38. The molecule has 0 radical (unpaired) electrons. The standard InChI is InChI=1S/C28H28N2O8/c1-5-37-27(33)24-22(18-8-6-7-9-19(18)30(34)35)23-20(31)14-28(2,3)15-21(23)38-26(24)29-25(32)16-10-12-17(36-4)13-11-16/h6-13,22H,5,14-15H2,1-4H3,(H,29,32). The van der Waals surface area contributed by atoms with Gasteiger partial charge in [0.2, 0.25) is 5.88 Å². The van der Waals surface area contributed by atoms with E-state index in [4.69, 9.17) is 14.2 Å². The normalized spacial score (nSPS) is 18.3. The highest BCUT2D eigenvalue weighted by atomic mass is 16.6. The van der Waals surface area contributed by atoms with E-state index >= 15 is 0 Å². The molecule has 2 aliphatic rings. The Kier molecular flexibility index (Phi) is 7.34. The lowest BCUT2D eigenvalue weighted by Crippen LogP contribution is -2.38. The molecule has 10 heteroatoms. The summed E-state index contributed by atoms with van der Waals surface area (Å²) in [6, 6.07) is 12.2. The number of ether oxygens (including phenoxy) is 3. The van der Waals surface area contributed by atoms with Crippen LogP contribution in [0.4, 0.5) is 5.69 Å². The Labute approximate surface area is 219 Å². The summed E-state index contributed by atoms with van der Waals surface area (Å²) < 4.78 is 16.5. The van der Waals surface area contributed by atoms with E-state index in [-0.39, 0.29) is 58.4 Å². The van der Waals surface area contributed by atoms with Crippen LogP contribution in [0.15, 0.2) is 71.3 Å². The lowest BCUT2D eigenvalue weighted by atomic mass is 9.70. The molecule has 2 aromatic carbocycles. The molecule has 0 fully saturated rings. The number of hydrogen-bond acceptors (Lipinski definition) is 8. The minimum absolute atomic E-state index is 0.00146. The first-order chi connectivity index (χ1) is 18.1. The second-order valence-corrected chi connectivity index (χ2v) is 9.77. The molecule has 4 rings (SSSR count). The summed E-state index contributed by atoms with van der Waals surface area (Å²) in [5.41, 5.74) is -0.381. The first-order valence-corrected chi connectivity index (χ1v) is 12.1. The Morgan fingerprint density at radius 2 is 1.82 bits per heavy atom. The smallest absolute Gasteiger partial charge is 0.340 e. The third-order valence-corrected chi connectivity index (χ3v) is 6.45. The number of carbonyl (C=O) groups is 3. The topological polar surface area (TPSA) is 134 Å². The molecule has 1 aliphatic carbocycles. The van der Waals surface area contributed by atoms with Crippen molar-refractivity contribution in [3.8, 4) is 5.75 Å². The van der Waals surface area contributed by atoms with Crippen LogP contribution in [0.1, 0.15) is 55.5 Å². The van der Waals surface area contributed by atoms with Crippen molar-refractivity contribution in [1.82, 2.24) is 5.32 Å². The summed E-state index contributed by atoms with van der Waals surface area (Å²) in [7, 11) is 1.50. The van der Waals surface area contributed by atoms with Crippen molar-refractivity contribution in [1.29, 1.82) is 0 Å². The number of amides is 1. The Hall–Kier alpha value is -4.47. The Bertz CT molecular complexity index is 1370.